The fourth-order valence-corrected chi connectivity index (χ4v) is 2.35. The maximum absolute atomic E-state index is 12.3. The predicted molar refractivity (Wildman–Crippen MR) is 74.7 cm³/mol. The molecule has 3 heteroatoms. The highest BCUT2D eigenvalue weighted by Crippen LogP contribution is 2.36. The van der Waals surface area contributed by atoms with Gasteiger partial charge in [-0.3, -0.25) is 4.79 Å². The zero-order valence-corrected chi connectivity index (χ0v) is 10.3. The molecular weight excluding hydrogens is 238 g/mol. The minimum atomic E-state index is -0.160. The first-order chi connectivity index (χ1) is 9.31. The minimum Gasteiger partial charge on any atom is -0.515 e. The molecule has 3 nitrogen and oxygen atoms in total. The van der Waals surface area contributed by atoms with Crippen LogP contribution in [-0.4, -0.2) is 11.0 Å². The maximum atomic E-state index is 12.3. The number of fused-ring (bicyclic) bond motifs is 1. The van der Waals surface area contributed by atoms with Crippen LogP contribution in [0.2, 0.25) is 0 Å². The van der Waals surface area contributed by atoms with Crippen LogP contribution in [0.25, 0.3) is 5.57 Å². The van der Waals surface area contributed by atoms with Crippen molar-refractivity contribution in [2.45, 2.75) is 6.54 Å². The van der Waals surface area contributed by atoms with E-state index in [-0.39, 0.29) is 5.91 Å². The summed E-state index contributed by atoms with van der Waals surface area (Å²) in [7, 11) is 0. The van der Waals surface area contributed by atoms with Gasteiger partial charge in [-0.25, -0.2) is 0 Å². The summed E-state index contributed by atoms with van der Waals surface area (Å²) in [6.07, 6.45) is 0.895. The second-order valence-electron chi connectivity index (χ2n) is 4.44. The lowest BCUT2D eigenvalue weighted by Crippen LogP contribution is -2.25. The van der Waals surface area contributed by atoms with Crippen molar-refractivity contribution in [1.82, 2.24) is 0 Å². The van der Waals surface area contributed by atoms with Crippen LogP contribution >= 0.6 is 0 Å². The highest BCUT2D eigenvalue weighted by Gasteiger charge is 2.32. The Morgan fingerprint density at radius 2 is 1.68 bits per heavy atom. The molecule has 3 rings (SSSR count). The molecule has 0 fully saturated rings. The summed E-state index contributed by atoms with van der Waals surface area (Å²) in [5.74, 6) is -0.160. The number of amides is 1. The third kappa shape index (κ3) is 1.89. The highest BCUT2D eigenvalue weighted by atomic mass is 16.2. The zero-order chi connectivity index (χ0) is 13.2. The number of carbonyl (C=O) groups excluding carboxylic acids is 1. The lowest BCUT2D eigenvalue weighted by atomic mass is 10.1. The molecule has 1 N–H and O–H groups in total. The summed E-state index contributed by atoms with van der Waals surface area (Å²) >= 11 is 0. The van der Waals surface area contributed by atoms with E-state index in [0.717, 1.165) is 23.1 Å². The van der Waals surface area contributed by atoms with E-state index in [2.05, 4.69) is 0 Å². The number of benzene rings is 2. The predicted octanol–water partition coefficient (Wildman–Crippen LogP) is 3.13. The number of carbonyl (C=O) groups is 1. The first-order valence-electron chi connectivity index (χ1n) is 6.11. The van der Waals surface area contributed by atoms with Crippen LogP contribution in [-0.2, 0) is 11.3 Å². The van der Waals surface area contributed by atoms with Crippen molar-refractivity contribution in [3.05, 3.63) is 72.0 Å². The summed E-state index contributed by atoms with van der Waals surface area (Å²) in [6.45, 7) is 0.508. The fourth-order valence-electron chi connectivity index (χ4n) is 2.35. The van der Waals surface area contributed by atoms with E-state index < -0.39 is 0 Å². The Morgan fingerprint density at radius 3 is 2.42 bits per heavy atom. The molecule has 2 aromatic rings. The fraction of sp³-hybridized carbons (Fsp3) is 0.0625. The lowest BCUT2D eigenvalue weighted by Gasteiger charge is -2.16. The number of para-hydroxylation sites is 1. The highest BCUT2D eigenvalue weighted by molar-refractivity contribution is 6.32. The van der Waals surface area contributed by atoms with Gasteiger partial charge in [-0.1, -0.05) is 48.5 Å². The summed E-state index contributed by atoms with van der Waals surface area (Å²) < 4.78 is 0. The molecule has 1 heterocycles. The number of aliphatic hydroxyl groups is 1. The van der Waals surface area contributed by atoms with Gasteiger partial charge in [0.1, 0.15) is 0 Å². The molecule has 0 aliphatic carbocycles. The van der Waals surface area contributed by atoms with Gasteiger partial charge in [0.25, 0.3) is 5.91 Å². The van der Waals surface area contributed by atoms with Gasteiger partial charge in [0.05, 0.1) is 24.1 Å². The Hall–Kier alpha value is -2.55. The second kappa shape index (κ2) is 4.61. The van der Waals surface area contributed by atoms with Crippen molar-refractivity contribution in [2.75, 3.05) is 4.90 Å². The van der Waals surface area contributed by atoms with Gasteiger partial charge < -0.3 is 10.0 Å². The van der Waals surface area contributed by atoms with Crippen LogP contribution in [0.3, 0.4) is 0 Å². The van der Waals surface area contributed by atoms with Gasteiger partial charge in [0, 0.05) is 5.56 Å². The molecule has 0 aromatic heterocycles. The Bertz CT molecular complexity index is 647. The largest absolute Gasteiger partial charge is 0.515 e. The average Bonchev–Trinajstić information content (AvgIpc) is 2.73. The van der Waals surface area contributed by atoms with Crippen LogP contribution in [0, 0.1) is 0 Å². The molecule has 19 heavy (non-hydrogen) atoms. The molecule has 94 valence electrons. The maximum Gasteiger partial charge on any atom is 0.262 e. The summed E-state index contributed by atoms with van der Waals surface area (Å²) in [6, 6.07) is 17.3. The molecular formula is C16H13NO2. The van der Waals surface area contributed by atoms with Crippen LogP contribution < -0.4 is 4.90 Å². The smallest absolute Gasteiger partial charge is 0.262 e. The van der Waals surface area contributed by atoms with Crippen LogP contribution in [0.4, 0.5) is 5.69 Å². The quantitative estimate of drug-likeness (QED) is 0.658. The molecule has 1 aliphatic heterocycles. The molecule has 0 atom stereocenters. The molecule has 0 saturated carbocycles. The van der Waals surface area contributed by atoms with Crippen LogP contribution in [0.15, 0.2) is 60.9 Å². The number of nitrogens with zero attached hydrogens (tertiary/aromatic N) is 1. The van der Waals surface area contributed by atoms with Crippen molar-refractivity contribution in [1.29, 1.82) is 0 Å². The van der Waals surface area contributed by atoms with Gasteiger partial charge in [-0.05, 0) is 11.6 Å². The Balaban J connectivity index is 2.01. The Labute approximate surface area is 111 Å². The third-order valence-corrected chi connectivity index (χ3v) is 3.27. The standard InChI is InChI=1S/C16H13NO2/c18-11-14-13-8-4-5-9-15(13)17(16(14)19)10-12-6-2-1-3-7-12/h1-9,11,18H,10H2/b14-11-. The first kappa shape index (κ1) is 11.5. The van der Waals surface area contributed by atoms with Gasteiger partial charge >= 0.3 is 0 Å². The second-order valence-corrected chi connectivity index (χ2v) is 4.44. The van der Waals surface area contributed by atoms with Crippen molar-refractivity contribution in [2.24, 2.45) is 0 Å². The van der Waals surface area contributed by atoms with Gasteiger partial charge in [-0.15, -0.1) is 0 Å². The molecule has 0 bridgehead atoms. The third-order valence-electron chi connectivity index (χ3n) is 3.27. The monoisotopic (exact) mass is 251 g/mol. The zero-order valence-electron chi connectivity index (χ0n) is 10.3. The minimum absolute atomic E-state index is 0.160. The molecule has 0 saturated heterocycles. The van der Waals surface area contributed by atoms with E-state index in [1.165, 1.54) is 0 Å². The Morgan fingerprint density at radius 1 is 1.00 bits per heavy atom. The summed E-state index contributed by atoms with van der Waals surface area (Å²) in [5, 5.41) is 9.26. The number of aliphatic hydroxyl groups excluding tert-OH is 1. The van der Waals surface area contributed by atoms with Crippen LogP contribution in [0.5, 0.6) is 0 Å². The van der Waals surface area contributed by atoms with Gasteiger partial charge in [0.2, 0.25) is 0 Å². The molecule has 1 aliphatic rings. The topological polar surface area (TPSA) is 40.5 Å². The van der Waals surface area contributed by atoms with Gasteiger partial charge in [-0.2, -0.15) is 0 Å². The van der Waals surface area contributed by atoms with Crippen molar-refractivity contribution in [3.63, 3.8) is 0 Å². The normalized spacial score (nSPS) is 15.9. The summed E-state index contributed by atoms with van der Waals surface area (Å²) in [5.41, 5.74) is 3.04. The van der Waals surface area contributed by atoms with E-state index in [4.69, 9.17) is 0 Å². The van der Waals surface area contributed by atoms with E-state index in [9.17, 15) is 9.90 Å². The molecule has 2 aromatic carbocycles. The Kier molecular flexibility index (Phi) is 2.80. The van der Waals surface area contributed by atoms with Gasteiger partial charge in [0.15, 0.2) is 0 Å². The SMILES string of the molecule is O=C1/C(=C\O)c2ccccc2N1Cc1ccccc1. The number of hydrogen-bond donors (Lipinski definition) is 1. The number of hydrogen-bond acceptors (Lipinski definition) is 2. The molecule has 0 radical (unpaired) electrons. The van der Waals surface area contributed by atoms with Crippen LogP contribution in [0.1, 0.15) is 11.1 Å². The summed E-state index contributed by atoms with van der Waals surface area (Å²) in [4.78, 5) is 14.0. The lowest BCUT2D eigenvalue weighted by molar-refractivity contribution is -0.113. The molecule has 0 unspecified atom stereocenters. The first-order valence-corrected chi connectivity index (χ1v) is 6.11. The average molecular weight is 251 g/mol. The number of rotatable bonds is 2. The molecule has 0 spiro atoms. The number of anilines is 1. The van der Waals surface area contributed by atoms with Crippen molar-refractivity contribution >= 4 is 17.2 Å². The van der Waals surface area contributed by atoms with E-state index >= 15 is 0 Å². The van der Waals surface area contributed by atoms with Crippen molar-refractivity contribution in [3.8, 4) is 0 Å². The van der Waals surface area contributed by atoms with E-state index in [1.807, 2.05) is 54.6 Å². The van der Waals surface area contributed by atoms with E-state index in [0.29, 0.717) is 12.1 Å². The van der Waals surface area contributed by atoms with Crippen molar-refractivity contribution < 1.29 is 9.90 Å². The van der Waals surface area contributed by atoms with E-state index in [1.54, 1.807) is 4.90 Å². The molecule has 1 amide bonds.